The van der Waals surface area contributed by atoms with Crippen molar-refractivity contribution in [2.24, 2.45) is 5.73 Å². The molecule has 2 rings (SSSR count). The number of nitrogens with one attached hydrogen (secondary N) is 2. The van der Waals surface area contributed by atoms with Crippen molar-refractivity contribution in [3.63, 3.8) is 0 Å². The minimum absolute atomic E-state index is 0.0220. The summed E-state index contributed by atoms with van der Waals surface area (Å²) < 4.78 is 41.0. The summed E-state index contributed by atoms with van der Waals surface area (Å²) in [6, 6.07) is 11.6. The smallest absolute Gasteiger partial charge is 0.422 e. The van der Waals surface area contributed by atoms with Crippen molar-refractivity contribution in [1.82, 2.24) is 10.3 Å². The summed E-state index contributed by atoms with van der Waals surface area (Å²) in [5.74, 6) is -0.632. The Hall–Kier alpha value is -3.23. The molecule has 9 heteroatoms. The van der Waals surface area contributed by atoms with Gasteiger partial charge in [0, 0.05) is 23.6 Å². The normalized spacial score (nSPS) is 13.3. The monoisotopic (exact) mass is 394 g/mol. The van der Waals surface area contributed by atoms with Gasteiger partial charge in [0.15, 0.2) is 6.61 Å². The second kappa shape index (κ2) is 9.12. The van der Waals surface area contributed by atoms with Crippen molar-refractivity contribution >= 4 is 11.6 Å². The molecule has 0 aliphatic heterocycles. The second-order valence-electron chi connectivity index (χ2n) is 6.06. The molecule has 1 aromatic heterocycles. The van der Waals surface area contributed by atoms with Gasteiger partial charge in [-0.15, -0.1) is 0 Å². The number of hydrogen-bond acceptors (Lipinski definition) is 5. The van der Waals surface area contributed by atoms with E-state index in [2.05, 4.69) is 20.4 Å². The van der Waals surface area contributed by atoms with Gasteiger partial charge in [-0.25, -0.2) is 4.98 Å². The molecule has 0 aliphatic rings. The third-order valence-electron chi connectivity index (χ3n) is 3.74. The molecule has 6 nitrogen and oxygen atoms in total. The van der Waals surface area contributed by atoms with Crippen molar-refractivity contribution in [2.45, 2.75) is 26.1 Å². The van der Waals surface area contributed by atoms with Gasteiger partial charge in [-0.1, -0.05) is 24.3 Å². The lowest BCUT2D eigenvalue weighted by atomic mass is 10.1. The summed E-state index contributed by atoms with van der Waals surface area (Å²) in [7, 11) is 0. The number of ether oxygens (including phenoxy) is 1. The Morgan fingerprint density at radius 1 is 1.21 bits per heavy atom. The van der Waals surface area contributed by atoms with Gasteiger partial charge in [0.25, 0.3) is 5.91 Å². The standard InChI is InChI=1S/C19H21F3N4O2/c1-12(14-8-9-16(24-10-14)28-11-19(20,21)22)26-18(27)17(23)13(2)25-15-6-4-3-5-7-15/h3-10,12,25H,11,23H2,1-2H3,(H,26,27)/b17-13-. The van der Waals surface area contributed by atoms with Crippen molar-refractivity contribution in [3.8, 4) is 5.88 Å². The number of amides is 1. The van der Waals surface area contributed by atoms with Crippen LogP contribution in [-0.2, 0) is 4.79 Å². The first-order valence-electron chi connectivity index (χ1n) is 8.40. The largest absolute Gasteiger partial charge is 0.468 e. The van der Waals surface area contributed by atoms with Crippen molar-refractivity contribution in [2.75, 3.05) is 11.9 Å². The van der Waals surface area contributed by atoms with Gasteiger partial charge in [0.2, 0.25) is 5.88 Å². The van der Waals surface area contributed by atoms with Crippen LogP contribution in [0.25, 0.3) is 0 Å². The predicted octanol–water partition coefficient (Wildman–Crippen LogP) is 3.50. The number of pyridine rings is 1. The van der Waals surface area contributed by atoms with Gasteiger partial charge in [0.05, 0.1) is 6.04 Å². The molecule has 0 spiro atoms. The zero-order valence-corrected chi connectivity index (χ0v) is 15.4. The number of anilines is 1. The van der Waals surface area contributed by atoms with E-state index < -0.39 is 24.7 Å². The molecule has 2 aromatic rings. The number of carbonyl (C=O) groups is 1. The molecule has 4 N–H and O–H groups in total. The lowest BCUT2D eigenvalue weighted by Crippen LogP contribution is -2.32. The van der Waals surface area contributed by atoms with E-state index in [1.54, 1.807) is 13.8 Å². The van der Waals surface area contributed by atoms with E-state index in [9.17, 15) is 18.0 Å². The fourth-order valence-electron chi connectivity index (χ4n) is 2.22. The molecule has 28 heavy (non-hydrogen) atoms. The number of rotatable bonds is 7. The number of allylic oxidation sites excluding steroid dienone is 1. The van der Waals surface area contributed by atoms with Gasteiger partial charge in [0.1, 0.15) is 5.70 Å². The molecule has 0 bridgehead atoms. The first-order valence-corrected chi connectivity index (χ1v) is 8.40. The average molecular weight is 394 g/mol. The fraction of sp³-hybridized carbons (Fsp3) is 0.263. The average Bonchev–Trinajstić information content (AvgIpc) is 2.66. The topological polar surface area (TPSA) is 89.3 Å². The number of halogens is 3. The molecule has 0 saturated carbocycles. The lowest BCUT2D eigenvalue weighted by molar-refractivity contribution is -0.154. The van der Waals surface area contributed by atoms with E-state index in [0.717, 1.165) is 5.69 Å². The van der Waals surface area contributed by atoms with Gasteiger partial charge in [-0.3, -0.25) is 4.79 Å². The van der Waals surface area contributed by atoms with Crippen LogP contribution in [0.3, 0.4) is 0 Å². The van der Waals surface area contributed by atoms with Crippen LogP contribution in [-0.4, -0.2) is 23.7 Å². The Labute approximate surface area is 160 Å². The number of carbonyl (C=O) groups excluding carboxylic acids is 1. The van der Waals surface area contributed by atoms with Crippen LogP contribution < -0.4 is 21.1 Å². The van der Waals surface area contributed by atoms with E-state index in [4.69, 9.17) is 5.73 Å². The molecule has 0 radical (unpaired) electrons. The van der Waals surface area contributed by atoms with E-state index in [0.29, 0.717) is 11.3 Å². The van der Waals surface area contributed by atoms with Crippen LogP contribution in [0.2, 0.25) is 0 Å². The van der Waals surface area contributed by atoms with Crippen LogP contribution in [0.5, 0.6) is 5.88 Å². The highest BCUT2D eigenvalue weighted by atomic mass is 19.4. The Morgan fingerprint density at radius 3 is 2.46 bits per heavy atom. The maximum Gasteiger partial charge on any atom is 0.422 e. The molecule has 1 atom stereocenters. The Morgan fingerprint density at radius 2 is 1.89 bits per heavy atom. The molecule has 0 saturated heterocycles. The SMILES string of the molecule is C/C(Nc1ccccc1)=C(/N)C(=O)NC(C)c1ccc(OCC(F)(F)F)nc1. The van der Waals surface area contributed by atoms with Crippen molar-refractivity contribution < 1.29 is 22.7 Å². The van der Waals surface area contributed by atoms with Crippen LogP contribution in [0.1, 0.15) is 25.5 Å². The summed E-state index contributed by atoms with van der Waals surface area (Å²) in [4.78, 5) is 16.2. The van der Waals surface area contributed by atoms with Crippen LogP contribution >= 0.6 is 0 Å². The van der Waals surface area contributed by atoms with E-state index in [-0.39, 0.29) is 11.6 Å². The maximum absolute atomic E-state index is 12.3. The molecule has 1 amide bonds. The number of alkyl halides is 3. The first kappa shape index (κ1) is 21.1. The molecule has 150 valence electrons. The van der Waals surface area contributed by atoms with Crippen molar-refractivity contribution in [1.29, 1.82) is 0 Å². The number of para-hydroxylation sites is 1. The van der Waals surface area contributed by atoms with Gasteiger partial charge in [-0.05, 0) is 31.5 Å². The highest BCUT2D eigenvalue weighted by Gasteiger charge is 2.28. The van der Waals surface area contributed by atoms with Crippen LogP contribution in [0.4, 0.5) is 18.9 Å². The fourth-order valence-corrected chi connectivity index (χ4v) is 2.22. The zero-order chi connectivity index (χ0) is 20.7. The van der Waals surface area contributed by atoms with E-state index in [1.165, 1.54) is 18.3 Å². The Bertz CT molecular complexity index is 821. The summed E-state index contributed by atoms with van der Waals surface area (Å²) in [5, 5.41) is 5.76. The third-order valence-corrected chi connectivity index (χ3v) is 3.74. The number of hydrogen-bond donors (Lipinski definition) is 3. The molecule has 0 fully saturated rings. The molecule has 1 heterocycles. The summed E-state index contributed by atoms with van der Waals surface area (Å²) in [6.07, 6.45) is -3.09. The first-order chi connectivity index (χ1) is 13.2. The number of benzene rings is 1. The summed E-state index contributed by atoms with van der Waals surface area (Å²) >= 11 is 0. The Kier molecular flexibility index (Phi) is 6.86. The highest BCUT2D eigenvalue weighted by Crippen LogP contribution is 2.19. The van der Waals surface area contributed by atoms with Gasteiger partial charge >= 0.3 is 6.18 Å². The van der Waals surface area contributed by atoms with Gasteiger partial charge < -0.3 is 21.1 Å². The zero-order valence-electron chi connectivity index (χ0n) is 15.4. The van der Waals surface area contributed by atoms with Crippen molar-refractivity contribution in [3.05, 3.63) is 65.6 Å². The molecule has 1 unspecified atom stereocenters. The summed E-state index contributed by atoms with van der Waals surface area (Å²) in [6.45, 7) is 1.97. The van der Waals surface area contributed by atoms with E-state index in [1.807, 2.05) is 30.3 Å². The number of aromatic nitrogens is 1. The van der Waals surface area contributed by atoms with Crippen LogP contribution in [0.15, 0.2) is 60.1 Å². The van der Waals surface area contributed by atoms with Gasteiger partial charge in [-0.2, -0.15) is 13.2 Å². The lowest BCUT2D eigenvalue weighted by Gasteiger charge is -2.16. The molecular weight excluding hydrogens is 373 g/mol. The number of nitrogens with two attached hydrogens (primary N) is 1. The summed E-state index contributed by atoms with van der Waals surface area (Å²) in [5.41, 5.74) is 7.80. The quantitative estimate of drug-likeness (QED) is 0.626. The third kappa shape index (κ3) is 6.49. The highest BCUT2D eigenvalue weighted by molar-refractivity contribution is 5.93. The minimum atomic E-state index is -4.43. The molecule has 1 aromatic carbocycles. The Balaban J connectivity index is 1.96. The predicted molar refractivity (Wildman–Crippen MR) is 99.3 cm³/mol. The minimum Gasteiger partial charge on any atom is -0.468 e. The number of nitrogens with zero attached hydrogens (tertiary/aromatic N) is 1. The molecular formula is C19H21F3N4O2. The second-order valence-corrected chi connectivity index (χ2v) is 6.06. The van der Waals surface area contributed by atoms with Crippen LogP contribution in [0, 0.1) is 0 Å². The van der Waals surface area contributed by atoms with E-state index >= 15 is 0 Å². The molecule has 0 aliphatic carbocycles. The maximum atomic E-state index is 12.3.